The summed E-state index contributed by atoms with van der Waals surface area (Å²) in [6.45, 7) is 1.59. The molecule has 2 N–H and O–H groups in total. The van der Waals surface area contributed by atoms with Crippen LogP contribution >= 0.6 is 0 Å². The fourth-order valence-electron chi connectivity index (χ4n) is 1.92. The maximum Gasteiger partial charge on any atom is 0.325 e. The summed E-state index contributed by atoms with van der Waals surface area (Å²) in [5.74, 6) is -1.39. The van der Waals surface area contributed by atoms with E-state index in [-0.39, 0.29) is 12.1 Å². The number of carboxylic acids is 1. The smallest absolute Gasteiger partial charge is 0.325 e. The number of hydrogen-bond donors (Lipinski definition) is 2. The monoisotopic (exact) mass is 269 g/mol. The second kappa shape index (κ2) is 6.60. The van der Waals surface area contributed by atoms with E-state index in [4.69, 9.17) is 14.6 Å². The molecule has 0 aromatic heterocycles. The summed E-state index contributed by atoms with van der Waals surface area (Å²) in [6, 6.07) is 4.56. The highest BCUT2D eigenvalue weighted by Gasteiger charge is 2.21. The fraction of sp³-hybridized carbons (Fsp3) is 0.462. The molecular formula is C13H16FNO4. The van der Waals surface area contributed by atoms with Crippen molar-refractivity contribution in [1.82, 2.24) is 5.32 Å². The van der Waals surface area contributed by atoms with Crippen molar-refractivity contribution >= 4 is 5.97 Å². The van der Waals surface area contributed by atoms with Crippen LogP contribution in [0.3, 0.4) is 0 Å². The van der Waals surface area contributed by atoms with Crippen molar-refractivity contribution < 1.29 is 23.8 Å². The van der Waals surface area contributed by atoms with Crippen LogP contribution in [-0.4, -0.2) is 37.1 Å². The van der Waals surface area contributed by atoms with E-state index >= 15 is 0 Å². The van der Waals surface area contributed by atoms with Gasteiger partial charge in [-0.1, -0.05) is 12.1 Å². The highest BCUT2D eigenvalue weighted by molar-refractivity contribution is 5.75. The molecule has 1 fully saturated rings. The van der Waals surface area contributed by atoms with Crippen molar-refractivity contribution in [3.63, 3.8) is 0 Å². The highest BCUT2D eigenvalue weighted by Crippen LogP contribution is 2.15. The van der Waals surface area contributed by atoms with Crippen LogP contribution < -0.4 is 5.32 Å². The van der Waals surface area contributed by atoms with Gasteiger partial charge in [-0.3, -0.25) is 4.79 Å². The summed E-state index contributed by atoms with van der Waals surface area (Å²) in [7, 11) is 0. The van der Waals surface area contributed by atoms with Crippen LogP contribution in [0.2, 0.25) is 0 Å². The molecule has 1 aliphatic heterocycles. The van der Waals surface area contributed by atoms with E-state index in [0.717, 1.165) is 0 Å². The van der Waals surface area contributed by atoms with E-state index in [1.165, 1.54) is 24.3 Å². The molecule has 6 heteroatoms. The van der Waals surface area contributed by atoms with Gasteiger partial charge in [-0.15, -0.1) is 0 Å². The Labute approximate surface area is 110 Å². The maximum absolute atomic E-state index is 12.8. The number of nitrogens with one attached hydrogen (secondary N) is 1. The Kier molecular flexibility index (Phi) is 4.84. The largest absolute Gasteiger partial charge is 0.480 e. The lowest BCUT2D eigenvalue weighted by Crippen LogP contribution is -2.31. The molecule has 1 saturated heterocycles. The number of ether oxygens (including phenoxy) is 2. The lowest BCUT2D eigenvalue weighted by Gasteiger charge is -2.16. The Morgan fingerprint density at radius 1 is 1.37 bits per heavy atom. The van der Waals surface area contributed by atoms with Crippen LogP contribution in [0.15, 0.2) is 24.3 Å². The Hall–Kier alpha value is -1.50. The van der Waals surface area contributed by atoms with E-state index in [1.807, 2.05) is 0 Å². The lowest BCUT2D eigenvalue weighted by molar-refractivity contribution is -0.139. The van der Waals surface area contributed by atoms with Crippen LogP contribution in [0.5, 0.6) is 0 Å². The van der Waals surface area contributed by atoms with Gasteiger partial charge in [0.25, 0.3) is 0 Å². The SMILES string of the molecule is O=C(O)C(NCCC1OCCO1)c1ccc(F)cc1. The van der Waals surface area contributed by atoms with Gasteiger partial charge in [0.2, 0.25) is 0 Å². The topological polar surface area (TPSA) is 67.8 Å². The molecule has 1 unspecified atom stereocenters. The first-order chi connectivity index (χ1) is 9.16. The number of halogens is 1. The molecular weight excluding hydrogens is 253 g/mol. The predicted molar refractivity (Wildman–Crippen MR) is 65.1 cm³/mol. The molecule has 1 aromatic carbocycles. The van der Waals surface area contributed by atoms with Crippen LogP contribution in [0.4, 0.5) is 4.39 Å². The van der Waals surface area contributed by atoms with Crippen LogP contribution in [0, 0.1) is 5.82 Å². The van der Waals surface area contributed by atoms with Crippen molar-refractivity contribution in [1.29, 1.82) is 0 Å². The van der Waals surface area contributed by atoms with E-state index in [0.29, 0.717) is 31.7 Å². The predicted octanol–water partition coefficient (Wildman–Crippen LogP) is 1.30. The molecule has 0 amide bonds. The van der Waals surface area contributed by atoms with Crippen molar-refractivity contribution in [3.05, 3.63) is 35.6 Å². The van der Waals surface area contributed by atoms with Crippen molar-refractivity contribution in [3.8, 4) is 0 Å². The van der Waals surface area contributed by atoms with Crippen molar-refractivity contribution in [2.45, 2.75) is 18.8 Å². The Bertz CT molecular complexity index is 417. The van der Waals surface area contributed by atoms with Gasteiger partial charge in [0.1, 0.15) is 11.9 Å². The normalized spacial score (nSPS) is 17.5. The van der Waals surface area contributed by atoms with Gasteiger partial charge in [0.05, 0.1) is 13.2 Å². The fourth-order valence-corrected chi connectivity index (χ4v) is 1.92. The summed E-state index contributed by atoms with van der Waals surface area (Å²) in [4.78, 5) is 11.2. The van der Waals surface area contributed by atoms with Crippen LogP contribution in [0.25, 0.3) is 0 Å². The summed E-state index contributed by atoms with van der Waals surface area (Å²) in [6.07, 6.45) is 0.306. The third-order valence-electron chi connectivity index (χ3n) is 2.87. The number of rotatable bonds is 6. The summed E-state index contributed by atoms with van der Waals surface area (Å²) >= 11 is 0. The lowest BCUT2D eigenvalue weighted by atomic mass is 10.1. The molecule has 2 rings (SSSR count). The van der Waals surface area contributed by atoms with Crippen molar-refractivity contribution in [2.24, 2.45) is 0 Å². The summed E-state index contributed by atoms with van der Waals surface area (Å²) < 4.78 is 23.3. The molecule has 19 heavy (non-hydrogen) atoms. The molecule has 0 bridgehead atoms. The number of hydrogen-bond acceptors (Lipinski definition) is 4. The molecule has 0 radical (unpaired) electrons. The number of carbonyl (C=O) groups is 1. The van der Waals surface area contributed by atoms with E-state index in [1.54, 1.807) is 0 Å². The molecule has 104 valence electrons. The molecule has 0 spiro atoms. The second-order valence-electron chi connectivity index (χ2n) is 4.24. The minimum Gasteiger partial charge on any atom is -0.480 e. The van der Waals surface area contributed by atoms with E-state index in [9.17, 15) is 9.18 Å². The molecule has 0 saturated carbocycles. The molecule has 1 heterocycles. The zero-order chi connectivity index (χ0) is 13.7. The number of carboxylic acid groups (broad SMARTS) is 1. The zero-order valence-corrected chi connectivity index (χ0v) is 10.3. The van der Waals surface area contributed by atoms with Gasteiger partial charge in [0, 0.05) is 13.0 Å². The van der Waals surface area contributed by atoms with Crippen molar-refractivity contribution in [2.75, 3.05) is 19.8 Å². The third kappa shape index (κ3) is 3.99. The van der Waals surface area contributed by atoms with Gasteiger partial charge in [-0.25, -0.2) is 4.39 Å². The van der Waals surface area contributed by atoms with Gasteiger partial charge < -0.3 is 19.9 Å². The van der Waals surface area contributed by atoms with E-state index < -0.39 is 12.0 Å². The maximum atomic E-state index is 12.8. The van der Waals surface area contributed by atoms with Crippen LogP contribution in [0.1, 0.15) is 18.0 Å². The first-order valence-electron chi connectivity index (χ1n) is 6.11. The molecule has 1 atom stereocenters. The third-order valence-corrected chi connectivity index (χ3v) is 2.87. The minimum atomic E-state index is -1.00. The Morgan fingerprint density at radius 3 is 2.58 bits per heavy atom. The zero-order valence-electron chi connectivity index (χ0n) is 10.3. The average molecular weight is 269 g/mol. The number of benzene rings is 1. The van der Waals surface area contributed by atoms with E-state index in [2.05, 4.69) is 5.32 Å². The quantitative estimate of drug-likeness (QED) is 0.815. The molecule has 0 aliphatic carbocycles. The van der Waals surface area contributed by atoms with Gasteiger partial charge >= 0.3 is 5.97 Å². The van der Waals surface area contributed by atoms with Gasteiger partial charge in [-0.2, -0.15) is 0 Å². The van der Waals surface area contributed by atoms with Crippen LogP contribution in [-0.2, 0) is 14.3 Å². The second-order valence-corrected chi connectivity index (χ2v) is 4.24. The standard InChI is InChI=1S/C13H16FNO4/c14-10-3-1-9(2-4-10)12(13(16)17)15-6-5-11-18-7-8-19-11/h1-4,11-12,15H,5-8H2,(H,16,17). The number of aliphatic carboxylic acids is 1. The minimum absolute atomic E-state index is 0.268. The van der Waals surface area contributed by atoms with Gasteiger partial charge in [0.15, 0.2) is 6.29 Å². The summed E-state index contributed by atoms with van der Waals surface area (Å²) in [5.41, 5.74) is 0.516. The molecule has 1 aliphatic rings. The highest BCUT2D eigenvalue weighted by atomic mass is 19.1. The Morgan fingerprint density at radius 2 is 2.00 bits per heavy atom. The first-order valence-corrected chi connectivity index (χ1v) is 6.11. The first kappa shape index (κ1) is 13.9. The summed E-state index contributed by atoms with van der Waals surface area (Å²) in [5, 5.41) is 12.1. The Balaban J connectivity index is 1.88. The molecule has 1 aromatic rings. The van der Waals surface area contributed by atoms with Gasteiger partial charge in [-0.05, 0) is 17.7 Å². The molecule has 5 nitrogen and oxygen atoms in total. The average Bonchev–Trinajstić information content (AvgIpc) is 2.89.